The number of amides is 3. The molecule has 1 atom stereocenters. The van der Waals surface area contributed by atoms with Gasteiger partial charge in [-0.3, -0.25) is 19.7 Å². The largest absolute Gasteiger partial charge is 0.398 e. The minimum atomic E-state index is -0.586. The summed E-state index contributed by atoms with van der Waals surface area (Å²) in [6, 6.07) is 4.58. The molecule has 3 rings (SSSR count). The van der Waals surface area contributed by atoms with Gasteiger partial charge in [0.1, 0.15) is 6.04 Å². The zero-order valence-electron chi connectivity index (χ0n) is 10.2. The fourth-order valence-electron chi connectivity index (χ4n) is 2.61. The van der Waals surface area contributed by atoms with Crippen molar-refractivity contribution in [2.24, 2.45) is 0 Å². The summed E-state index contributed by atoms with van der Waals surface area (Å²) in [5.74, 6) is -0.891. The first kappa shape index (κ1) is 11.7. The summed E-state index contributed by atoms with van der Waals surface area (Å²) in [5, 5.41) is 2.27. The summed E-state index contributed by atoms with van der Waals surface area (Å²) in [6.45, 7) is 0.327. The second-order valence-corrected chi connectivity index (χ2v) is 4.77. The lowest BCUT2D eigenvalue weighted by atomic mass is 10.1. The molecule has 1 unspecified atom stereocenters. The topological polar surface area (TPSA) is 92.5 Å². The van der Waals surface area contributed by atoms with E-state index in [1.165, 1.54) is 4.90 Å². The molecule has 6 heteroatoms. The number of hydrogen-bond acceptors (Lipinski definition) is 4. The minimum Gasteiger partial charge on any atom is -0.398 e. The van der Waals surface area contributed by atoms with Gasteiger partial charge in [0.2, 0.25) is 11.8 Å². The summed E-state index contributed by atoms with van der Waals surface area (Å²) in [7, 11) is 0. The third-order valence-corrected chi connectivity index (χ3v) is 3.62. The molecule has 6 nitrogen and oxygen atoms in total. The second kappa shape index (κ2) is 4.08. The average molecular weight is 261 g/mol. The standard InChI is InChI=1S/C13H13N3O3/c14-9-3-1-2-7-8(9)6-16(13(7)19)10-4-5-11(17)15-12(10)18/h1-3,10H,4-6,14H2,(H,15,17,18)/i4+1,5+1. The summed E-state index contributed by atoms with van der Waals surface area (Å²) >= 11 is 0. The van der Waals surface area contributed by atoms with Crippen molar-refractivity contribution in [3.05, 3.63) is 29.3 Å². The van der Waals surface area contributed by atoms with E-state index in [0.29, 0.717) is 24.2 Å². The molecule has 0 radical (unpaired) electrons. The number of imide groups is 1. The van der Waals surface area contributed by atoms with E-state index in [1.807, 2.05) is 0 Å². The summed E-state index contributed by atoms with van der Waals surface area (Å²) < 4.78 is 0. The number of hydrogen-bond donors (Lipinski definition) is 2. The van der Waals surface area contributed by atoms with Crippen molar-refractivity contribution in [2.75, 3.05) is 5.73 Å². The Bertz CT molecular complexity index is 597. The molecule has 1 aromatic rings. The minimum absolute atomic E-state index is 0.197. The summed E-state index contributed by atoms with van der Waals surface area (Å²) in [6.07, 6.45) is 0.621. The molecule has 2 aliphatic heterocycles. The van der Waals surface area contributed by atoms with Crippen molar-refractivity contribution in [2.45, 2.75) is 25.4 Å². The van der Waals surface area contributed by atoms with E-state index in [0.717, 1.165) is 5.56 Å². The molecule has 3 N–H and O–H groups in total. The van der Waals surface area contributed by atoms with Crippen molar-refractivity contribution < 1.29 is 14.4 Å². The molecule has 0 spiro atoms. The number of nitrogens with one attached hydrogen (secondary N) is 1. The highest BCUT2D eigenvalue weighted by Gasteiger charge is 2.39. The maximum absolute atomic E-state index is 12.3. The smallest absolute Gasteiger partial charge is 0.255 e. The Labute approximate surface area is 109 Å². The van der Waals surface area contributed by atoms with Gasteiger partial charge in [0.15, 0.2) is 0 Å². The fraction of sp³-hybridized carbons (Fsp3) is 0.308. The number of nitrogen functional groups attached to an aromatic ring is 1. The van der Waals surface area contributed by atoms with Crippen LogP contribution in [0.4, 0.5) is 5.69 Å². The number of piperidine rings is 1. The van der Waals surface area contributed by atoms with Crippen molar-refractivity contribution in [3.8, 4) is 0 Å². The van der Waals surface area contributed by atoms with Crippen LogP contribution in [0.3, 0.4) is 0 Å². The van der Waals surface area contributed by atoms with Crippen LogP contribution in [0, 0.1) is 0 Å². The van der Waals surface area contributed by atoms with Crippen LogP contribution >= 0.6 is 0 Å². The highest BCUT2D eigenvalue weighted by atomic mass is 16.2. The predicted molar refractivity (Wildman–Crippen MR) is 66.9 cm³/mol. The lowest BCUT2D eigenvalue weighted by molar-refractivity contribution is -0.136. The maximum atomic E-state index is 12.3. The van der Waals surface area contributed by atoms with Gasteiger partial charge in [0.05, 0.1) is 0 Å². The lowest BCUT2D eigenvalue weighted by Gasteiger charge is -2.29. The Balaban J connectivity index is 1.90. The van der Waals surface area contributed by atoms with E-state index < -0.39 is 11.9 Å². The van der Waals surface area contributed by atoms with Gasteiger partial charge < -0.3 is 10.6 Å². The Morgan fingerprint density at radius 3 is 2.74 bits per heavy atom. The SMILES string of the molecule is Nc1cccc2c1CN(C1[13CH2][13CH2]C(=O)NC1=O)C2=O. The van der Waals surface area contributed by atoms with Gasteiger partial charge in [-0.1, -0.05) is 6.07 Å². The maximum Gasteiger partial charge on any atom is 0.255 e. The van der Waals surface area contributed by atoms with E-state index >= 15 is 0 Å². The van der Waals surface area contributed by atoms with Crippen LogP contribution in [-0.2, 0) is 16.1 Å². The van der Waals surface area contributed by atoms with E-state index in [9.17, 15) is 14.4 Å². The molecule has 0 aliphatic carbocycles. The van der Waals surface area contributed by atoms with Gasteiger partial charge in [-0.25, -0.2) is 0 Å². The first-order valence-corrected chi connectivity index (χ1v) is 6.10. The molecule has 0 saturated carbocycles. The van der Waals surface area contributed by atoms with Crippen molar-refractivity contribution in [1.82, 2.24) is 10.2 Å². The van der Waals surface area contributed by atoms with Gasteiger partial charge in [0, 0.05) is 29.8 Å². The number of anilines is 1. The van der Waals surface area contributed by atoms with Gasteiger partial charge in [-0.2, -0.15) is 0 Å². The monoisotopic (exact) mass is 261 g/mol. The summed E-state index contributed by atoms with van der Waals surface area (Å²) in [4.78, 5) is 36.7. The molecule has 1 aromatic carbocycles. The highest BCUT2D eigenvalue weighted by Crippen LogP contribution is 2.30. The van der Waals surface area contributed by atoms with Crippen molar-refractivity contribution in [1.29, 1.82) is 0 Å². The predicted octanol–water partition coefficient (Wildman–Crippen LogP) is 0.0298. The van der Waals surface area contributed by atoms with E-state index in [2.05, 4.69) is 5.32 Å². The number of nitrogens with zero attached hydrogens (tertiary/aromatic N) is 1. The molecule has 0 aromatic heterocycles. The van der Waals surface area contributed by atoms with Crippen LogP contribution in [0.1, 0.15) is 28.8 Å². The molecule has 3 amide bonds. The van der Waals surface area contributed by atoms with Gasteiger partial charge in [0.25, 0.3) is 5.91 Å². The molecule has 2 aliphatic rings. The van der Waals surface area contributed by atoms with Crippen molar-refractivity contribution in [3.63, 3.8) is 0 Å². The molecule has 98 valence electrons. The Kier molecular flexibility index (Phi) is 2.51. The van der Waals surface area contributed by atoms with Crippen LogP contribution in [0.25, 0.3) is 0 Å². The molecule has 1 saturated heterocycles. The normalized spacial score (nSPS) is 22.4. The molecule has 0 bridgehead atoms. The average Bonchev–Trinajstić information content (AvgIpc) is 2.69. The first-order chi connectivity index (χ1) is 9.08. The Morgan fingerprint density at radius 2 is 2.05 bits per heavy atom. The van der Waals surface area contributed by atoms with Crippen LogP contribution in [0.15, 0.2) is 18.2 Å². The number of nitrogens with two attached hydrogens (primary N) is 1. The fourth-order valence-corrected chi connectivity index (χ4v) is 2.61. The third-order valence-electron chi connectivity index (χ3n) is 3.62. The molecular weight excluding hydrogens is 248 g/mol. The number of carbonyl (C=O) groups excluding carboxylic acids is 3. The van der Waals surface area contributed by atoms with Gasteiger partial charge >= 0.3 is 0 Å². The van der Waals surface area contributed by atoms with Crippen LogP contribution in [-0.4, -0.2) is 28.7 Å². The summed E-state index contributed by atoms with van der Waals surface area (Å²) in [5.41, 5.74) is 7.71. The molecule has 19 heavy (non-hydrogen) atoms. The van der Waals surface area contributed by atoms with Crippen LogP contribution < -0.4 is 11.1 Å². The van der Waals surface area contributed by atoms with Gasteiger partial charge in [-0.05, 0) is 18.6 Å². The zero-order chi connectivity index (χ0) is 13.6. The quantitative estimate of drug-likeness (QED) is 0.424. The Hall–Kier alpha value is -2.37. The zero-order valence-corrected chi connectivity index (χ0v) is 10.2. The third kappa shape index (κ3) is 1.76. The number of rotatable bonds is 1. The van der Waals surface area contributed by atoms with Crippen LogP contribution in [0.5, 0.6) is 0 Å². The first-order valence-electron chi connectivity index (χ1n) is 6.10. The second-order valence-electron chi connectivity index (χ2n) is 4.77. The van der Waals surface area contributed by atoms with Crippen LogP contribution in [0.2, 0.25) is 0 Å². The van der Waals surface area contributed by atoms with E-state index in [1.54, 1.807) is 18.2 Å². The number of carbonyl (C=O) groups is 3. The molecule has 1 fully saturated rings. The molecule has 2 heterocycles. The molecular formula is C13H13N3O3. The Morgan fingerprint density at radius 1 is 1.26 bits per heavy atom. The lowest BCUT2D eigenvalue weighted by Crippen LogP contribution is -2.52. The van der Waals surface area contributed by atoms with E-state index in [-0.39, 0.29) is 18.2 Å². The highest BCUT2D eigenvalue weighted by molar-refractivity contribution is 6.06. The van der Waals surface area contributed by atoms with E-state index in [4.69, 9.17) is 5.73 Å². The van der Waals surface area contributed by atoms with Crippen molar-refractivity contribution >= 4 is 23.4 Å². The van der Waals surface area contributed by atoms with Gasteiger partial charge in [-0.15, -0.1) is 0 Å². The number of benzene rings is 1. The number of fused-ring (bicyclic) bond motifs is 1.